The Bertz CT molecular complexity index is 986. The van der Waals surface area contributed by atoms with E-state index in [1.807, 2.05) is 6.07 Å². The van der Waals surface area contributed by atoms with Crippen LogP contribution in [0.3, 0.4) is 0 Å². The van der Waals surface area contributed by atoms with E-state index in [0.717, 1.165) is 5.56 Å². The average molecular weight is 432 g/mol. The standard InChI is InChI=1S/C22H22F2N2O5/c1-28-17-8-7-14(11-19(17)30-3)9-10-26-21(27)16(13-25)12-15-5-4-6-18(29-2)20(15)31-22(23)24/h4-8,11-12,22H,9-10H2,1-3H3,(H,26,27)/b16-12+. The number of alkyl halides is 2. The van der Waals surface area contributed by atoms with Crippen LogP contribution in [0.25, 0.3) is 6.08 Å². The second-order valence-electron chi connectivity index (χ2n) is 6.12. The third-order valence-corrected chi connectivity index (χ3v) is 4.25. The number of halogens is 2. The minimum atomic E-state index is -3.09. The molecule has 0 aromatic heterocycles. The van der Waals surface area contributed by atoms with Crippen molar-refractivity contribution in [2.75, 3.05) is 27.9 Å². The van der Waals surface area contributed by atoms with Crippen molar-refractivity contribution in [3.8, 4) is 29.1 Å². The van der Waals surface area contributed by atoms with Crippen molar-refractivity contribution in [2.24, 2.45) is 0 Å². The Morgan fingerprint density at radius 2 is 1.81 bits per heavy atom. The van der Waals surface area contributed by atoms with E-state index in [-0.39, 0.29) is 29.2 Å². The molecule has 2 aromatic rings. The second kappa shape index (κ2) is 11.4. The minimum absolute atomic E-state index is 0.0557. The first-order valence-electron chi connectivity index (χ1n) is 9.16. The molecule has 0 saturated heterocycles. The monoisotopic (exact) mass is 432 g/mol. The predicted octanol–water partition coefficient (Wildman–Crippen LogP) is 3.58. The third kappa shape index (κ3) is 6.34. The van der Waals surface area contributed by atoms with Gasteiger partial charge in [0.2, 0.25) is 0 Å². The number of nitriles is 1. The summed E-state index contributed by atoms with van der Waals surface area (Å²) in [6, 6.07) is 11.6. The maximum absolute atomic E-state index is 12.8. The fourth-order valence-corrected chi connectivity index (χ4v) is 2.78. The zero-order chi connectivity index (χ0) is 22.8. The van der Waals surface area contributed by atoms with Gasteiger partial charge in [0, 0.05) is 12.1 Å². The van der Waals surface area contributed by atoms with Crippen LogP contribution in [-0.4, -0.2) is 40.4 Å². The summed E-state index contributed by atoms with van der Waals surface area (Å²) < 4.78 is 45.5. The molecule has 9 heteroatoms. The third-order valence-electron chi connectivity index (χ3n) is 4.25. The van der Waals surface area contributed by atoms with E-state index in [4.69, 9.17) is 14.2 Å². The van der Waals surface area contributed by atoms with Crippen LogP contribution in [0.5, 0.6) is 23.0 Å². The number of carbonyl (C=O) groups is 1. The Balaban J connectivity index is 2.12. The number of methoxy groups -OCH3 is 3. The molecule has 0 aliphatic rings. The Morgan fingerprint density at radius 3 is 2.42 bits per heavy atom. The number of nitrogens with one attached hydrogen (secondary N) is 1. The largest absolute Gasteiger partial charge is 0.493 e. The van der Waals surface area contributed by atoms with Crippen molar-refractivity contribution in [2.45, 2.75) is 13.0 Å². The fourth-order valence-electron chi connectivity index (χ4n) is 2.78. The molecule has 0 aliphatic heterocycles. The number of ether oxygens (including phenoxy) is 4. The topological polar surface area (TPSA) is 89.8 Å². The lowest BCUT2D eigenvalue weighted by atomic mass is 10.1. The predicted molar refractivity (Wildman–Crippen MR) is 109 cm³/mol. The number of amides is 1. The van der Waals surface area contributed by atoms with E-state index < -0.39 is 12.5 Å². The summed E-state index contributed by atoms with van der Waals surface area (Å²) in [4.78, 5) is 12.4. The maximum Gasteiger partial charge on any atom is 0.387 e. The Kier molecular flexibility index (Phi) is 8.64. The van der Waals surface area contributed by atoms with Crippen molar-refractivity contribution >= 4 is 12.0 Å². The molecule has 2 rings (SSSR count). The minimum Gasteiger partial charge on any atom is -0.493 e. The highest BCUT2D eigenvalue weighted by molar-refractivity contribution is 6.02. The van der Waals surface area contributed by atoms with Gasteiger partial charge < -0.3 is 24.3 Å². The summed E-state index contributed by atoms with van der Waals surface area (Å²) in [6.45, 7) is -2.85. The smallest absolute Gasteiger partial charge is 0.387 e. The van der Waals surface area contributed by atoms with Crippen molar-refractivity contribution < 1.29 is 32.5 Å². The first-order chi connectivity index (χ1) is 14.9. The number of hydrogen-bond acceptors (Lipinski definition) is 6. The lowest BCUT2D eigenvalue weighted by Gasteiger charge is -2.13. The quantitative estimate of drug-likeness (QED) is 0.456. The van der Waals surface area contributed by atoms with Gasteiger partial charge in [-0.3, -0.25) is 4.79 Å². The Labute approximate surface area is 178 Å². The summed E-state index contributed by atoms with van der Waals surface area (Å²) >= 11 is 0. The molecule has 0 fully saturated rings. The highest BCUT2D eigenvalue weighted by atomic mass is 19.3. The number of carbonyl (C=O) groups excluding carboxylic acids is 1. The van der Waals surface area contributed by atoms with Gasteiger partial charge in [-0.05, 0) is 36.3 Å². The molecule has 0 unspecified atom stereocenters. The van der Waals surface area contributed by atoms with E-state index in [1.54, 1.807) is 18.2 Å². The number of rotatable bonds is 10. The van der Waals surface area contributed by atoms with Crippen LogP contribution in [-0.2, 0) is 11.2 Å². The van der Waals surface area contributed by atoms with Crippen LogP contribution in [0, 0.1) is 11.3 Å². The number of hydrogen-bond donors (Lipinski definition) is 1. The lowest BCUT2D eigenvalue weighted by Crippen LogP contribution is -2.26. The molecule has 7 nitrogen and oxygen atoms in total. The van der Waals surface area contributed by atoms with Crippen LogP contribution >= 0.6 is 0 Å². The average Bonchev–Trinajstić information content (AvgIpc) is 2.77. The molecule has 0 aliphatic carbocycles. The first-order valence-corrected chi connectivity index (χ1v) is 9.16. The number of para-hydroxylation sites is 1. The molecule has 0 saturated carbocycles. The molecule has 31 heavy (non-hydrogen) atoms. The first kappa shape index (κ1) is 23.5. The normalized spacial score (nSPS) is 10.9. The molecule has 1 N–H and O–H groups in total. The summed E-state index contributed by atoms with van der Waals surface area (Å²) in [5.41, 5.74) is 0.742. The summed E-state index contributed by atoms with van der Waals surface area (Å²) in [5, 5.41) is 12.0. The summed E-state index contributed by atoms with van der Waals surface area (Å²) in [7, 11) is 4.36. The van der Waals surface area contributed by atoms with E-state index in [9.17, 15) is 18.8 Å². The van der Waals surface area contributed by atoms with E-state index in [1.165, 1.54) is 45.6 Å². The van der Waals surface area contributed by atoms with Gasteiger partial charge in [-0.25, -0.2) is 0 Å². The van der Waals surface area contributed by atoms with Crippen LogP contribution in [0.2, 0.25) is 0 Å². The van der Waals surface area contributed by atoms with Gasteiger partial charge in [0.25, 0.3) is 5.91 Å². The van der Waals surface area contributed by atoms with Gasteiger partial charge in [0.15, 0.2) is 23.0 Å². The van der Waals surface area contributed by atoms with Gasteiger partial charge in [0.05, 0.1) is 21.3 Å². The molecule has 164 valence electrons. The Morgan fingerprint density at radius 1 is 1.10 bits per heavy atom. The molecule has 0 radical (unpaired) electrons. The zero-order valence-electron chi connectivity index (χ0n) is 17.3. The van der Waals surface area contributed by atoms with Crippen molar-refractivity contribution in [3.63, 3.8) is 0 Å². The molecular weight excluding hydrogens is 410 g/mol. The van der Waals surface area contributed by atoms with E-state index in [0.29, 0.717) is 17.9 Å². The number of benzene rings is 2. The Hall–Kier alpha value is -3.80. The van der Waals surface area contributed by atoms with Crippen molar-refractivity contribution in [1.82, 2.24) is 5.32 Å². The maximum atomic E-state index is 12.8. The SMILES string of the molecule is COc1ccc(CCNC(=O)/C(C#N)=C/c2cccc(OC)c2OC(F)F)cc1OC. The van der Waals surface area contributed by atoms with Crippen LogP contribution in [0.4, 0.5) is 8.78 Å². The van der Waals surface area contributed by atoms with Gasteiger partial charge in [0.1, 0.15) is 11.6 Å². The number of nitrogens with zero attached hydrogens (tertiary/aromatic N) is 1. The van der Waals surface area contributed by atoms with Crippen LogP contribution < -0.4 is 24.3 Å². The van der Waals surface area contributed by atoms with Gasteiger partial charge in [-0.1, -0.05) is 18.2 Å². The fraction of sp³-hybridized carbons (Fsp3) is 0.273. The molecule has 0 bridgehead atoms. The lowest BCUT2D eigenvalue weighted by molar-refractivity contribution is -0.117. The van der Waals surface area contributed by atoms with Gasteiger partial charge in [-0.15, -0.1) is 0 Å². The molecule has 0 spiro atoms. The van der Waals surface area contributed by atoms with Crippen molar-refractivity contribution in [1.29, 1.82) is 5.26 Å². The molecule has 1 amide bonds. The summed E-state index contributed by atoms with van der Waals surface area (Å²) in [5.74, 6) is 0.304. The van der Waals surface area contributed by atoms with Crippen LogP contribution in [0.15, 0.2) is 42.0 Å². The van der Waals surface area contributed by atoms with Gasteiger partial charge >= 0.3 is 6.61 Å². The molecular formula is C22H22F2N2O5. The summed E-state index contributed by atoms with van der Waals surface area (Å²) in [6.07, 6.45) is 1.65. The van der Waals surface area contributed by atoms with E-state index >= 15 is 0 Å². The highest BCUT2D eigenvalue weighted by Gasteiger charge is 2.17. The van der Waals surface area contributed by atoms with Crippen molar-refractivity contribution in [3.05, 3.63) is 53.1 Å². The molecule has 2 aromatic carbocycles. The van der Waals surface area contributed by atoms with E-state index in [2.05, 4.69) is 10.1 Å². The zero-order valence-corrected chi connectivity index (χ0v) is 17.3. The second-order valence-corrected chi connectivity index (χ2v) is 6.12. The molecule has 0 heterocycles. The molecule has 0 atom stereocenters. The highest BCUT2D eigenvalue weighted by Crippen LogP contribution is 2.34. The van der Waals surface area contributed by atoms with Crippen LogP contribution in [0.1, 0.15) is 11.1 Å². The van der Waals surface area contributed by atoms with Gasteiger partial charge in [-0.2, -0.15) is 14.0 Å².